The molecule has 1 amide bonds. The zero-order chi connectivity index (χ0) is 13.1. The van der Waals surface area contributed by atoms with Gasteiger partial charge in [-0.1, -0.05) is 18.5 Å². The molecule has 0 atom stereocenters. The van der Waals surface area contributed by atoms with Crippen LogP contribution >= 0.6 is 11.6 Å². The van der Waals surface area contributed by atoms with Gasteiger partial charge in [0.15, 0.2) is 0 Å². The quantitative estimate of drug-likeness (QED) is 0.823. The summed E-state index contributed by atoms with van der Waals surface area (Å²) in [7, 11) is 0. The Hall–Kier alpha value is -1.13. The van der Waals surface area contributed by atoms with Crippen LogP contribution in [0, 0.1) is 5.82 Å². The number of carbonyl (C=O) groups excluding carboxylic acids is 1. The summed E-state index contributed by atoms with van der Waals surface area (Å²) in [5.74, 6) is -0.784. The zero-order valence-corrected chi connectivity index (χ0v) is 11.1. The van der Waals surface area contributed by atoms with Gasteiger partial charge in [-0.25, -0.2) is 4.39 Å². The summed E-state index contributed by atoms with van der Waals surface area (Å²) in [6.07, 6.45) is 0. The molecule has 1 heterocycles. The molecule has 18 heavy (non-hydrogen) atoms. The van der Waals surface area contributed by atoms with Crippen molar-refractivity contribution in [1.29, 1.82) is 0 Å². The molecule has 0 N–H and O–H groups in total. The largest absolute Gasteiger partial charge is 0.336 e. The highest BCUT2D eigenvalue weighted by atomic mass is 35.5. The number of likely N-dealkylation sites (N-methyl/N-ethyl adjacent to an activating group) is 1. The van der Waals surface area contributed by atoms with Crippen LogP contribution in [-0.4, -0.2) is 48.4 Å². The van der Waals surface area contributed by atoms with Gasteiger partial charge in [0, 0.05) is 31.2 Å². The van der Waals surface area contributed by atoms with Crippen molar-refractivity contribution in [3.63, 3.8) is 0 Å². The highest BCUT2D eigenvalue weighted by molar-refractivity contribution is 6.31. The molecule has 1 aliphatic rings. The van der Waals surface area contributed by atoms with Gasteiger partial charge in [-0.05, 0) is 24.7 Å². The molecular weight excluding hydrogens is 255 g/mol. The number of nitrogens with zero attached hydrogens (tertiary/aromatic N) is 2. The Morgan fingerprint density at radius 1 is 1.33 bits per heavy atom. The summed E-state index contributed by atoms with van der Waals surface area (Å²) in [6.45, 7) is 6.02. The van der Waals surface area contributed by atoms with E-state index >= 15 is 0 Å². The van der Waals surface area contributed by atoms with E-state index in [0.717, 1.165) is 19.6 Å². The molecule has 0 radical (unpaired) electrons. The number of benzene rings is 1. The third-order valence-electron chi connectivity index (χ3n) is 3.27. The fourth-order valence-corrected chi connectivity index (χ4v) is 2.27. The van der Waals surface area contributed by atoms with Crippen molar-refractivity contribution in [2.24, 2.45) is 0 Å². The minimum Gasteiger partial charge on any atom is -0.336 e. The number of amides is 1. The number of piperazine rings is 1. The van der Waals surface area contributed by atoms with Crippen molar-refractivity contribution in [1.82, 2.24) is 9.80 Å². The second-order valence-electron chi connectivity index (χ2n) is 4.35. The second kappa shape index (κ2) is 5.67. The van der Waals surface area contributed by atoms with Gasteiger partial charge in [-0.2, -0.15) is 0 Å². The van der Waals surface area contributed by atoms with E-state index in [1.807, 2.05) is 0 Å². The van der Waals surface area contributed by atoms with Gasteiger partial charge in [-0.15, -0.1) is 0 Å². The predicted molar refractivity (Wildman–Crippen MR) is 69.4 cm³/mol. The zero-order valence-electron chi connectivity index (χ0n) is 10.3. The van der Waals surface area contributed by atoms with Gasteiger partial charge in [0.25, 0.3) is 5.91 Å². The predicted octanol–water partition coefficient (Wildman–Crippen LogP) is 2.26. The summed E-state index contributed by atoms with van der Waals surface area (Å²) < 4.78 is 13.6. The van der Waals surface area contributed by atoms with Crippen molar-refractivity contribution in [3.05, 3.63) is 34.6 Å². The van der Waals surface area contributed by atoms with Gasteiger partial charge < -0.3 is 9.80 Å². The Morgan fingerprint density at radius 2 is 2.00 bits per heavy atom. The van der Waals surface area contributed by atoms with Crippen LogP contribution in [0.4, 0.5) is 4.39 Å². The normalized spacial score (nSPS) is 16.9. The van der Waals surface area contributed by atoms with Crippen LogP contribution in [0.5, 0.6) is 0 Å². The van der Waals surface area contributed by atoms with Crippen molar-refractivity contribution in [3.8, 4) is 0 Å². The molecule has 5 heteroatoms. The third kappa shape index (κ3) is 2.82. The van der Waals surface area contributed by atoms with E-state index in [9.17, 15) is 9.18 Å². The summed E-state index contributed by atoms with van der Waals surface area (Å²) in [4.78, 5) is 16.1. The molecule has 3 nitrogen and oxygen atoms in total. The Bertz CT molecular complexity index is 445. The van der Waals surface area contributed by atoms with Crippen molar-refractivity contribution < 1.29 is 9.18 Å². The van der Waals surface area contributed by atoms with Crippen molar-refractivity contribution in [2.75, 3.05) is 32.7 Å². The minimum absolute atomic E-state index is 0.0625. The van der Waals surface area contributed by atoms with E-state index in [4.69, 9.17) is 11.6 Å². The Kier molecular flexibility index (Phi) is 4.19. The first-order valence-electron chi connectivity index (χ1n) is 6.08. The van der Waals surface area contributed by atoms with E-state index in [-0.39, 0.29) is 11.5 Å². The van der Waals surface area contributed by atoms with Gasteiger partial charge >= 0.3 is 0 Å². The van der Waals surface area contributed by atoms with Crippen LogP contribution in [0.3, 0.4) is 0 Å². The molecule has 0 aromatic heterocycles. The number of hydrogen-bond acceptors (Lipinski definition) is 2. The second-order valence-corrected chi connectivity index (χ2v) is 4.79. The molecule has 1 aromatic carbocycles. The molecule has 0 bridgehead atoms. The summed E-state index contributed by atoms with van der Waals surface area (Å²) in [5.41, 5.74) is 0.0625. The summed E-state index contributed by atoms with van der Waals surface area (Å²) >= 11 is 5.80. The lowest BCUT2D eigenvalue weighted by Gasteiger charge is -2.34. The lowest BCUT2D eigenvalue weighted by molar-refractivity contribution is 0.0639. The average Bonchev–Trinajstić information content (AvgIpc) is 2.41. The third-order valence-corrected chi connectivity index (χ3v) is 3.50. The maximum absolute atomic E-state index is 13.6. The summed E-state index contributed by atoms with van der Waals surface area (Å²) in [5, 5.41) is 0.381. The van der Waals surface area contributed by atoms with E-state index in [1.54, 1.807) is 4.90 Å². The molecule has 0 saturated carbocycles. The topological polar surface area (TPSA) is 23.6 Å². The first-order valence-corrected chi connectivity index (χ1v) is 6.46. The molecule has 1 aromatic rings. The molecule has 0 spiro atoms. The fourth-order valence-electron chi connectivity index (χ4n) is 2.10. The monoisotopic (exact) mass is 270 g/mol. The maximum Gasteiger partial charge on any atom is 0.256 e. The number of carbonyl (C=O) groups is 1. The van der Waals surface area contributed by atoms with Crippen molar-refractivity contribution >= 4 is 17.5 Å². The molecule has 1 fully saturated rings. The molecule has 1 saturated heterocycles. The number of halogens is 2. The first kappa shape index (κ1) is 13.3. The van der Waals surface area contributed by atoms with Gasteiger partial charge in [-0.3, -0.25) is 4.79 Å². The Morgan fingerprint density at radius 3 is 2.61 bits per heavy atom. The number of hydrogen-bond donors (Lipinski definition) is 0. The molecular formula is C13H16ClFN2O. The minimum atomic E-state index is -0.512. The average molecular weight is 271 g/mol. The number of rotatable bonds is 2. The van der Waals surface area contributed by atoms with E-state index in [1.165, 1.54) is 18.2 Å². The fraction of sp³-hybridized carbons (Fsp3) is 0.462. The molecule has 0 aliphatic carbocycles. The maximum atomic E-state index is 13.6. The van der Waals surface area contributed by atoms with Crippen molar-refractivity contribution in [2.45, 2.75) is 6.92 Å². The lowest BCUT2D eigenvalue weighted by Crippen LogP contribution is -2.48. The lowest BCUT2D eigenvalue weighted by atomic mass is 10.1. The van der Waals surface area contributed by atoms with Gasteiger partial charge in [0.05, 0.1) is 5.56 Å². The van der Waals surface area contributed by atoms with Crippen LogP contribution in [0.15, 0.2) is 18.2 Å². The Labute approximate surface area is 111 Å². The van der Waals surface area contributed by atoms with Gasteiger partial charge in [0.2, 0.25) is 0 Å². The molecule has 2 rings (SSSR count). The highest BCUT2D eigenvalue weighted by Crippen LogP contribution is 2.17. The molecule has 1 aliphatic heterocycles. The van der Waals surface area contributed by atoms with Crippen LogP contribution in [0.1, 0.15) is 17.3 Å². The molecule has 0 unspecified atom stereocenters. The van der Waals surface area contributed by atoms with Crippen LogP contribution < -0.4 is 0 Å². The van der Waals surface area contributed by atoms with Crippen LogP contribution in [0.25, 0.3) is 0 Å². The SMILES string of the molecule is CCN1CCN(C(=O)c2cc(Cl)ccc2F)CC1. The van der Waals surface area contributed by atoms with Crippen LogP contribution in [0.2, 0.25) is 5.02 Å². The highest BCUT2D eigenvalue weighted by Gasteiger charge is 2.23. The van der Waals surface area contributed by atoms with E-state index < -0.39 is 5.82 Å². The molecule has 98 valence electrons. The smallest absolute Gasteiger partial charge is 0.256 e. The first-order chi connectivity index (χ1) is 8.61. The Balaban J connectivity index is 2.10. The standard InChI is InChI=1S/C13H16ClFN2O/c1-2-16-5-7-17(8-6-16)13(18)11-9-10(14)3-4-12(11)15/h3-4,9H,2,5-8H2,1H3. The van der Waals surface area contributed by atoms with E-state index in [0.29, 0.717) is 18.1 Å². The summed E-state index contributed by atoms with van der Waals surface area (Å²) in [6, 6.07) is 4.08. The van der Waals surface area contributed by atoms with E-state index in [2.05, 4.69) is 11.8 Å². The van der Waals surface area contributed by atoms with Crippen LogP contribution in [-0.2, 0) is 0 Å². The van der Waals surface area contributed by atoms with Gasteiger partial charge in [0.1, 0.15) is 5.82 Å².